The fourth-order valence-electron chi connectivity index (χ4n) is 2.40. The highest BCUT2D eigenvalue weighted by molar-refractivity contribution is 5.99. The van der Waals surface area contributed by atoms with Gasteiger partial charge < -0.3 is 14.5 Å². The van der Waals surface area contributed by atoms with E-state index in [1.165, 1.54) is 0 Å². The van der Waals surface area contributed by atoms with Gasteiger partial charge in [0.1, 0.15) is 11.3 Å². The van der Waals surface area contributed by atoms with Crippen molar-refractivity contribution >= 4 is 16.9 Å². The Morgan fingerprint density at radius 2 is 1.95 bits per heavy atom. The minimum absolute atomic E-state index is 0.212. The molecule has 2 aromatic carbocycles. The lowest BCUT2D eigenvalue weighted by Crippen LogP contribution is -2.22. The van der Waals surface area contributed by atoms with Crippen molar-refractivity contribution in [3.8, 4) is 5.75 Å². The number of rotatable bonds is 4. The number of hydrogen-bond donors (Lipinski definition) is 1. The van der Waals surface area contributed by atoms with Gasteiger partial charge in [0, 0.05) is 17.5 Å². The van der Waals surface area contributed by atoms with Crippen molar-refractivity contribution in [2.45, 2.75) is 13.5 Å². The quantitative estimate of drug-likeness (QED) is 0.799. The summed E-state index contributed by atoms with van der Waals surface area (Å²) in [6.07, 6.45) is 0. The lowest BCUT2D eigenvalue weighted by atomic mass is 10.1. The van der Waals surface area contributed by atoms with E-state index in [1.807, 2.05) is 55.5 Å². The smallest absolute Gasteiger partial charge is 0.287 e. The summed E-state index contributed by atoms with van der Waals surface area (Å²) in [4.78, 5) is 12.3. The highest BCUT2D eigenvalue weighted by Crippen LogP contribution is 2.28. The normalized spacial score (nSPS) is 10.6. The lowest BCUT2D eigenvalue weighted by Gasteiger charge is -2.03. The van der Waals surface area contributed by atoms with Gasteiger partial charge in [0.15, 0.2) is 5.76 Å². The second kappa shape index (κ2) is 5.93. The summed E-state index contributed by atoms with van der Waals surface area (Å²) in [5, 5.41) is 3.77. The van der Waals surface area contributed by atoms with Gasteiger partial charge in [-0.2, -0.15) is 0 Å². The molecule has 4 heteroatoms. The first-order valence-electron chi connectivity index (χ1n) is 7.08. The van der Waals surface area contributed by atoms with E-state index < -0.39 is 0 Å². The first kappa shape index (κ1) is 14.2. The lowest BCUT2D eigenvalue weighted by molar-refractivity contribution is 0.0924. The summed E-state index contributed by atoms with van der Waals surface area (Å²) in [5.74, 6) is 0.878. The number of carbonyl (C=O) groups is 1. The van der Waals surface area contributed by atoms with Gasteiger partial charge in [-0.05, 0) is 30.7 Å². The molecule has 0 saturated heterocycles. The molecule has 0 radical (unpaired) electrons. The molecule has 1 heterocycles. The van der Waals surface area contributed by atoms with Crippen LogP contribution in [0.2, 0.25) is 0 Å². The van der Waals surface area contributed by atoms with Crippen molar-refractivity contribution in [1.82, 2.24) is 5.32 Å². The Morgan fingerprint density at radius 3 is 2.68 bits per heavy atom. The van der Waals surface area contributed by atoms with Crippen LogP contribution in [0.4, 0.5) is 0 Å². The average Bonchev–Trinajstić information content (AvgIpc) is 2.90. The van der Waals surface area contributed by atoms with Gasteiger partial charge in [-0.25, -0.2) is 0 Å². The minimum Gasteiger partial charge on any atom is -0.497 e. The first-order valence-corrected chi connectivity index (χ1v) is 7.08. The molecule has 0 atom stereocenters. The Labute approximate surface area is 128 Å². The van der Waals surface area contributed by atoms with E-state index in [9.17, 15) is 4.79 Å². The van der Waals surface area contributed by atoms with E-state index >= 15 is 0 Å². The molecule has 0 fully saturated rings. The summed E-state index contributed by atoms with van der Waals surface area (Å²) < 4.78 is 10.9. The summed E-state index contributed by atoms with van der Waals surface area (Å²) >= 11 is 0. The third kappa shape index (κ3) is 2.68. The maximum atomic E-state index is 12.3. The molecule has 1 aromatic heterocycles. The van der Waals surface area contributed by atoms with E-state index in [-0.39, 0.29) is 5.91 Å². The Balaban J connectivity index is 1.83. The fraction of sp³-hybridized carbons (Fsp3) is 0.167. The van der Waals surface area contributed by atoms with Crippen molar-refractivity contribution in [3.05, 3.63) is 65.4 Å². The van der Waals surface area contributed by atoms with Gasteiger partial charge in [-0.3, -0.25) is 4.79 Å². The number of fused-ring (bicyclic) bond motifs is 1. The number of methoxy groups -OCH3 is 1. The second-order valence-electron chi connectivity index (χ2n) is 5.09. The Morgan fingerprint density at radius 1 is 1.18 bits per heavy atom. The summed E-state index contributed by atoms with van der Waals surface area (Å²) in [6.45, 7) is 2.35. The Kier molecular flexibility index (Phi) is 3.83. The van der Waals surface area contributed by atoms with Crippen molar-refractivity contribution in [2.24, 2.45) is 0 Å². The predicted octanol–water partition coefficient (Wildman–Crippen LogP) is 3.68. The number of amides is 1. The summed E-state index contributed by atoms with van der Waals surface area (Å²) in [7, 11) is 1.62. The van der Waals surface area contributed by atoms with Gasteiger partial charge in [0.2, 0.25) is 0 Å². The van der Waals surface area contributed by atoms with Crippen LogP contribution in [0.15, 0.2) is 52.9 Å². The maximum Gasteiger partial charge on any atom is 0.287 e. The predicted molar refractivity (Wildman–Crippen MR) is 85.1 cm³/mol. The molecule has 0 aliphatic heterocycles. The fourth-order valence-corrected chi connectivity index (χ4v) is 2.40. The highest BCUT2D eigenvalue weighted by atomic mass is 16.5. The van der Waals surface area contributed by atoms with Crippen LogP contribution < -0.4 is 10.1 Å². The topological polar surface area (TPSA) is 51.5 Å². The molecule has 4 nitrogen and oxygen atoms in total. The summed E-state index contributed by atoms with van der Waals surface area (Å²) in [5.41, 5.74) is 2.55. The van der Waals surface area contributed by atoms with Crippen LogP contribution in [0.1, 0.15) is 21.7 Å². The van der Waals surface area contributed by atoms with Crippen LogP contribution in [0.3, 0.4) is 0 Å². The molecule has 112 valence electrons. The van der Waals surface area contributed by atoms with Gasteiger partial charge >= 0.3 is 0 Å². The molecule has 0 bridgehead atoms. The molecule has 22 heavy (non-hydrogen) atoms. The molecule has 0 unspecified atom stereocenters. The van der Waals surface area contributed by atoms with Crippen molar-refractivity contribution < 1.29 is 13.9 Å². The standard InChI is InChI=1S/C18H17NO3/c1-12-15-10-14(21-2)8-9-16(15)22-17(12)18(20)19-11-13-6-4-3-5-7-13/h3-10H,11H2,1-2H3,(H,19,20). The van der Waals surface area contributed by atoms with Gasteiger partial charge in [0.05, 0.1) is 7.11 Å². The zero-order valence-electron chi connectivity index (χ0n) is 12.6. The van der Waals surface area contributed by atoms with Crippen molar-refractivity contribution in [2.75, 3.05) is 7.11 Å². The molecular weight excluding hydrogens is 278 g/mol. The number of benzene rings is 2. The molecule has 0 aliphatic carbocycles. The molecule has 3 aromatic rings. The van der Waals surface area contributed by atoms with E-state index in [0.29, 0.717) is 17.9 Å². The van der Waals surface area contributed by atoms with Crippen LogP contribution in [0, 0.1) is 6.92 Å². The first-order chi connectivity index (χ1) is 10.7. The van der Waals surface area contributed by atoms with E-state index in [0.717, 1.165) is 22.3 Å². The third-order valence-corrected chi connectivity index (χ3v) is 3.65. The van der Waals surface area contributed by atoms with Crippen LogP contribution in [-0.4, -0.2) is 13.0 Å². The van der Waals surface area contributed by atoms with Crippen molar-refractivity contribution in [1.29, 1.82) is 0 Å². The molecule has 1 N–H and O–H groups in total. The number of furan rings is 1. The second-order valence-corrected chi connectivity index (χ2v) is 5.09. The van der Waals surface area contributed by atoms with Crippen LogP contribution in [-0.2, 0) is 6.54 Å². The zero-order chi connectivity index (χ0) is 15.5. The van der Waals surface area contributed by atoms with E-state index in [4.69, 9.17) is 9.15 Å². The number of carbonyl (C=O) groups excluding carboxylic acids is 1. The van der Waals surface area contributed by atoms with Crippen LogP contribution in [0.25, 0.3) is 11.0 Å². The molecule has 0 saturated carbocycles. The third-order valence-electron chi connectivity index (χ3n) is 3.65. The molecular formula is C18H17NO3. The average molecular weight is 295 g/mol. The van der Waals surface area contributed by atoms with Crippen LogP contribution in [0.5, 0.6) is 5.75 Å². The number of ether oxygens (including phenoxy) is 1. The molecule has 0 aliphatic rings. The highest BCUT2D eigenvalue weighted by Gasteiger charge is 2.17. The molecule has 0 spiro atoms. The van der Waals surface area contributed by atoms with Crippen molar-refractivity contribution in [3.63, 3.8) is 0 Å². The van der Waals surface area contributed by atoms with E-state index in [1.54, 1.807) is 7.11 Å². The number of aryl methyl sites for hydroxylation is 1. The van der Waals surface area contributed by atoms with Crippen LogP contribution >= 0.6 is 0 Å². The van der Waals surface area contributed by atoms with E-state index in [2.05, 4.69) is 5.32 Å². The Bertz CT molecular complexity index is 806. The van der Waals surface area contributed by atoms with Gasteiger partial charge in [0.25, 0.3) is 5.91 Å². The Hall–Kier alpha value is -2.75. The molecule has 1 amide bonds. The largest absolute Gasteiger partial charge is 0.497 e. The molecule has 3 rings (SSSR count). The number of nitrogens with one attached hydrogen (secondary N) is 1. The SMILES string of the molecule is COc1ccc2oc(C(=O)NCc3ccccc3)c(C)c2c1. The van der Waals surface area contributed by atoms with Gasteiger partial charge in [-0.1, -0.05) is 30.3 Å². The summed E-state index contributed by atoms with van der Waals surface area (Å²) in [6, 6.07) is 15.3. The monoisotopic (exact) mass is 295 g/mol. The maximum absolute atomic E-state index is 12.3. The number of hydrogen-bond acceptors (Lipinski definition) is 3. The van der Waals surface area contributed by atoms with Gasteiger partial charge in [-0.15, -0.1) is 0 Å². The minimum atomic E-state index is -0.212. The zero-order valence-corrected chi connectivity index (χ0v) is 12.6.